The van der Waals surface area contributed by atoms with Gasteiger partial charge in [-0.1, -0.05) is 23.7 Å². The Morgan fingerprint density at radius 2 is 2.10 bits per heavy atom. The zero-order chi connectivity index (χ0) is 15.0. The van der Waals surface area contributed by atoms with E-state index in [1.54, 1.807) is 18.2 Å². The van der Waals surface area contributed by atoms with Crippen molar-refractivity contribution in [2.24, 2.45) is 5.92 Å². The van der Waals surface area contributed by atoms with Crippen molar-refractivity contribution < 1.29 is 19.0 Å². The average Bonchev–Trinajstić information content (AvgIpc) is 2.47. The van der Waals surface area contributed by atoms with Gasteiger partial charge in [-0.3, -0.25) is 4.79 Å². The van der Waals surface area contributed by atoms with Crippen LogP contribution in [-0.2, 0) is 0 Å². The highest BCUT2D eigenvalue weighted by atomic mass is 35.5. The molecule has 2 atom stereocenters. The van der Waals surface area contributed by atoms with Crippen molar-refractivity contribution in [1.82, 2.24) is 0 Å². The van der Waals surface area contributed by atoms with Crippen LogP contribution >= 0.6 is 11.6 Å². The summed E-state index contributed by atoms with van der Waals surface area (Å²) in [6.07, 6.45) is -1.10. The number of benzene rings is 2. The number of hydrogen-bond acceptors (Lipinski definition) is 3. The molecular formula is C16H12ClFO3. The highest BCUT2D eigenvalue weighted by molar-refractivity contribution is 6.31. The molecule has 0 fully saturated rings. The molecule has 1 aliphatic heterocycles. The molecule has 2 aromatic rings. The second kappa shape index (κ2) is 5.47. The molecular weight excluding hydrogens is 295 g/mol. The third kappa shape index (κ3) is 2.64. The lowest BCUT2D eigenvalue weighted by molar-refractivity contribution is 0.0416. The number of aliphatic hydroxyl groups is 1. The highest BCUT2D eigenvalue weighted by Crippen LogP contribution is 2.37. The molecule has 5 heteroatoms. The second-order valence-corrected chi connectivity index (χ2v) is 5.36. The van der Waals surface area contributed by atoms with E-state index < -0.39 is 17.8 Å². The summed E-state index contributed by atoms with van der Waals surface area (Å²) >= 11 is 5.87. The van der Waals surface area contributed by atoms with Crippen LogP contribution in [0.25, 0.3) is 0 Å². The Bertz CT molecular complexity index is 702. The Hall–Kier alpha value is -1.91. The fourth-order valence-corrected chi connectivity index (χ4v) is 2.63. The van der Waals surface area contributed by atoms with Crippen molar-refractivity contribution in [3.63, 3.8) is 0 Å². The fraction of sp³-hybridized carbons (Fsp3) is 0.188. The van der Waals surface area contributed by atoms with E-state index >= 15 is 0 Å². The summed E-state index contributed by atoms with van der Waals surface area (Å²) in [6.45, 7) is 0.0468. The lowest BCUT2D eigenvalue weighted by atomic mass is 9.87. The summed E-state index contributed by atoms with van der Waals surface area (Å²) in [4.78, 5) is 12.5. The van der Waals surface area contributed by atoms with Crippen LogP contribution in [0.3, 0.4) is 0 Å². The minimum Gasteiger partial charge on any atom is -0.492 e. The van der Waals surface area contributed by atoms with Gasteiger partial charge in [0.1, 0.15) is 18.2 Å². The summed E-state index contributed by atoms with van der Waals surface area (Å²) in [5.41, 5.74) is 0.691. The monoisotopic (exact) mass is 306 g/mol. The van der Waals surface area contributed by atoms with E-state index in [0.717, 1.165) is 0 Å². The van der Waals surface area contributed by atoms with Gasteiger partial charge in [0.2, 0.25) is 0 Å². The Morgan fingerprint density at radius 3 is 2.86 bits per heavy atom. The largest absolute Gasteiger partial charge is 0.492 e. The van der Waals surface area contributed by atoms with Gasteiger partial charge < -0.3 is 9.84 Å². The molecule has 3 nitrogen and oxygen atoms in total. The molecule has 0 saturated carbocycles. The Labute approximate surface area is 125 Å². The first-order chi connectivity index (χ1) is 10.1. The first-order valence-electron chi connectivity index (χ1n) is 6.46. The number of halogens is 2. The van der Waals surface area contributed by atoms with Gasteiger partial charge in [0.25, 0.3) is 0 Å². The van der Waals surface area contributed by atoms with Crippen molar-refractivity contribution in [3.8, 4) is 5.75 Å². The molecule has 2 aromatic carbocycles. The Kier molecular flexibility index (Phi) is 3.66. The number of Topliss-reactive ketones (excluding diaryl/α,β-unsaturated/α-hetero) is 1. The topological polar surface area (TPSA) is 46.5 Å². The van der Waals surface area contributed by atoms with E-state index in [4.69, 9.17) is 16.3 Å². The average molecular weight is 307 g/mol. The number of ketones is 1. The van der Waals surface area contributed by atoms with E-state index in [1.807, 2.05) is 0 Å². The lowest BCUT2D eigenvalue weighted by Crippen LogP contribution is -2.32. The molecule has 0 radical (unpaired) electrons. The van der Waals surface area contributed by atoms with Crippen LogP contribution in [-0.4, -0.2) is 17.5 Å². The normalized spacial score (nSPS) is 20.5. The maximum atomic E-state index is 13.3. The predicted molar refractivity (Wildman–Crippen MR) is 76.1 cm³/mol. The van der Waals surface area contributed by atoms with Gasteiger partial charge in [-0.05, 0) is 30.3 Å². The number of fused-ring (bicyclic) bond motifs is 1. The molecule has 1 N–H and O–H groups in total. The zero-order valence-electron chi connectivity index (χ0n) is 10.9. The second-order valence-electron chi connectivity index (χ2n) is 4.92. The first kappa shape index (κ1) is 14.0. The van der Waals surface area contributed by atoms with Gasteiger partial charge >= 0.3 is 0 Å². The summed E-state index contributed by atoms with van der Waals surface area (Å²) in [5, 5.41) is 10.8. The van der Waals surface area contributed by atoms with Crippen LogP contribution in [0, 0.1) is 11.7 Å². The molecule has 21 heavy (non-hydrogen) atoms. The number of aliphatic hydroxyl groups excluding tert-OH is 1. The maximum absolute atomic E-state index is 13.3. The zero-order valence-corrected chi connectivity index (χ0v) is 11.7. The number of carbonyl (C=O) groups is 1. The third-order valence-electron chi connectivity index (χ3n) is 3.54. The van der Waals surface area contributed by atoms with Crippen LogP contribution in [0.4, 0.5) is 4.39 Å². The van der Waals surface area contributed by atoms with Crippen molar-refractivity contribution in [3.05, 3.63) is 64.4 Å². The minimum absolute atomic E-state index is 0.0468. The van der Waals surface area contributed by atoms with Gasteiger partial charge in [-0.25, -0.2) is 4.39 Å². The van der Waals surface area contributed by atoms with Crippen molar-refractivity contribution in [2.75, 3.05) is 6.61 Å². The van der Waals surface area contributed by atoms with Gasteiger partial charge in [0.05, 0.1) is 12.0 Å². The molecule has 0 spiro atoms. The van der Waals surface area contributed by atoms with E-state index in [0.29, 0.717) is 21.9 Å². The van der Waals surface area contributed by atoms with E-state index in [9.17, 15) is 14.3 Å². The molecule has 108 valence electrons. The van der Waals surface area contributed by atoms with Crippen molar-refractivity contribution >= 4 is 17.4 Å². The molecule has 0 amide bonds. The molecule has 3 rings (SSSR count). The molecule has 0 aromatic heterocycles. The summed E-state index contributed by atoms with van der Waals surface area (Å²) < 4.78 is 18.8. The Morgan fingerprint density at radius 1 is 1.29 bits per heavy atom. The van der Waals surface area contributed by atoms with Gasteiger partial charge in [-0.2, -0.15) is 0 Å². The third-order valence-corrected chi connectivity index (χ3v) is 3.77. The highest BCUT2D eigenvalue weighted by Gasteiger charge is 2.35. The van der Waals surface area contributed by atoms with Gasteiger partial charge in [-0.15, -0.1) is 0 Å². The van der Waals surface area contributed by atoms with Crippen molar-refractivity contribution in [2.45, 2.75) is 6.10 Å². The van der Waals surface area contributed by atoms with E-state index in [2.05, 4.69) is 0 Å². The summed E-state index contributed by atoms with van der Waals surface area (Å²) in [6, 6.07) is 10.4. The van der Waals surface area contributed by atoms with Gasteiger partial charge in [0.15, 0.2) is 5.78 Å². The van der Waals surface area contributed by atoms with Crippen molar-refractivity contribution in [1.29, 1.82) is 0 Å². The maximum Gasteiger partial charge on any atom is 0.172 e. The number of carbonyl (C=O) groups excluding carboxylic acids is 1. The Balaban J connectivity index is 1.92. The lowest BCUT2D eigenvalue weighted by Gasteiger charge is -2.29. The first-order valence-corrected chi connectivity index (χ1v) is 6.84. The standard InChI is InChI=1S/C16H12ClFO3/c17-10-3-1-2-9(6-10)15(19)13-8-21-14-5-4-11(18)7-12(14)16(13)20/h1-7,13,16,20H,8H2. The molecule has 0 bridgehead atoms. The molecule has 1 aliphatic rings. The number of rotatable bonds is 2. The fourth-order valence-electron chi connectivity index (χ4n) is 2.44. The van der Waals surface area contributed by atoms with Crippen LogP contribution in [0.2, 0.25) is 5.02 Å². The molecule has 1 heterocycles. The van der Waals surface area contributed by atoms with E-state index in [-0.39, 0.29) is 12.4 Å². The number of hydrogen-bond donors (Lipinski definition) is 1. The van der Waals surface area contributed by atoms with Crippen LogP contribution in [0.15, 0.2) is 42.5 Å². The quantitative estimate of drug-likeness (QED) is 0.865. The predicted octanol–water partition coefficient (Wildman–Crippen LogP) is 3.40. The summed E-state index contributed by atoms with van der Waals surface area (Å²) in [7, 11) is 0. The molecule has 0 aliphatic carbocycles. The van der Waals surface area contributed by atoms with E-state index in [1.165, 1.54) is 24.3 Å². The SMILES string of the molecule is O=C(c1cccc(Cl)c1)C1COc2ccc(F)cc2C1O. The van der Waals surface area contributed by atoms with Crippen LogP contribution in [0.5, 0.6) is 5.75 Å². The summed E-state index contributed by atoms with van der Waals surface area (Å²) in [5.74, 6) is -1.14. The van der Waals surface area contributed by atoms with Gasteiger partial charge in [0, 0.05) is 16.1 Å². The number of ether oxygens (including phenoxy) is 1. The smallest absolute Gasteiger partial charge is 0.172 e. The minimum atomic E-state index is -1.10. The molecule has 2 unspecified atom stereocenters. The van der Waals surface area contributed by atoms with Crippen LogP contribution in [0.1, 0.15) is 22.0 Å². The molecule has 0 saturated heterocycles. The van der Waals surface area contributed by atoms with Crippen LogP contribution < -0.4 is 4.74 Å².